The summed E-state index contributed by atoms with van der Waals surface area (Å²) in [6.07, 6.45) is 0. The van der Waals surface area contributed by atoms with Crippen LogP contribution in [0.2, 0.25) is 0 Å². The fourth-order valence-electron chi connectivity index (χ4n) is 2.99. The summed E-state index contributed by atoms with van der Waals surface area (Å²) >= 11 is 0. The average Bonchev–Trinajstić information content (AvgIpc) is 3.17. The summed E-state index contributed by atoms with van der Waals surface area (Å²) in [6, 6.07) is 12.9. The normalized spacial score (nSPS) is 13.4. The standard InChI is InChI=1S/C17H9N5O3/c18-14-13-9(16(23)25-17(13)24)6-11-15(14)20-19-12-7-10(21-22(11)12)8-4-2-1-3-5-8/h1-7H,18H2. The average molecular weight is 331 g/mol. The Kier molecular flexibility index (Phi) is 2.51. The summed E-state index contributed by atoms with van der Waals surface area (Å²) in [4.78, 5) is 23.7. The number of aromatic nitrogens is 4. The quantitative estimate of drug-likeness (QED) is 0.322. The van der Waals surface area contributed by atoms with E-state index < -0.39 is 11.9 Å². The maximum absolute atomic E-state index is 11.9. The van der Waals surface area contributed by atoms with Gasteiger partial charge in [-0.3, -0.25) is 0 Å². The molecule has 0 saturated heterocycles. The molecule has 0 saturated carbocycles. The largest absolute Gasteiger partial charge is 0.396 e. The van der Waals surface area contributed by atoms with Crippen molar-refractivity contribution in [1.29, 1.82) is 0 Å². The van der Waals surface area contributed by atoms with Gasteiger partial charge in [-0.25, -0.2) is 14.1 Å². The summed E-state index contributed by atoms with van der Waals surface area (Å²) in [7, 11) is 0. The Labute approximate surface area is 139 Å². The molecule has 120 valence electrons. The number of rotatable bonds is 1. The molecule has 0 amide bonds. The first-order valence-corrected chi connectivity index (χ1v) is 7.44. The molecule has 2 aromatic carbocycles. The number of ether oxygens (including phenoxy) is 1. The van der Waals surface area contributed by atoms with Crippen molar-refractivity contribution >= 4 is 34.3 Å². The second-order valence-corrected chi connectivity index (χ2v) is 5.62. The number of nitrogen functional groups attached to an aromatic ring is 1. The molecule has 0 unspecified atom stereocenters. The zero-order valence-corrected chi connectivity index (χ0v) is 12.6. The molecule has 0 radical (unpaired) electrons. The first kappa shape index (κ1) is 13.6. The molecule has 1 aliphatic rings. The highest BCUT2D eigenvalue weighted by Gasteiger charge is 2.34. The van der Waals surface area contributed by atoms with Crippen LogP contribution in [0, 0.1) is 0 Å². The number of anilines is 1. The van der Waals surface area contributed by atoms with E-state index in [1.54, 1.807) is 10.6 Å². The van der Waals surface area contributed by atoms with Crippen LogP contribution in [0.1, 0.15) is 20.7 Å². The zero-order valence-electron chi connectivity index (χ0n) is 12.6. The van der Waals surface area contributed by atoms with Crippen molar-refractivity contribution < 1.29 is 14.3 Å². The van der Waals surface area contributed by atoms with E-state index in [4.69, 9.17) is 5.73 Å². The highest BCUT2D eigenvalue weighted by molar-refractivity contribution is 6.20. The van der Waals surface area contributed by atoms with Gasteiger partial charge in [0.25, 0.3) is 0 Å². The van der Waals surface area contributed by atoms with Gasteiger partial charge < -0.3 is 10.5 Å². The van der Waals surface area contributed by atoms with Gasteiger partial charge in [0, 0.05) is 11.6 Å². The SMILES string of the molecule is Nc1c2c(cc3c1nnc1cc(-c4ccccc4)nn13)C(=O)OC2=O. The lowest BCUT2D eigenvalue weighted by atomic mass is 10.1. The Morgan fingerprint density at radius 2 is 1.80 bits per heavy atom. The molecule has 1 aliphatic heterocycles. The highest BCUT2D eigenvalue weighted by atomic mass is 16.6. The maximum atomic E-state index is 11.9. The first-order valence-electron chi connectivity index (χ1n) is 7.44. The highest BCUT2D eigenvalue weighted by Crippen LogP contribution is 2.32. The van der Waals surface area contributed by atoms with Gasteiger partial charge in [0.15, 0.2) is 5.65 Å². The van der Waals surface area contributed by atoms with Crippen molar-refractivity contribution in [3.63, 3.8) is 0 Å². The van der Waals surface area contributed by atoms with Crippen LogP contribution < -0.4 is 5.73 Å². The van der Waals surface area contributed by atoms with Crippen molar-refractivity contribution in [2.75, 3.05) is 5.73 Å². The van der Waals surface area contributed by atoms with E-state index in [-0.39, 0.29) is 16.8 Å². The predicted octanol–water partition coefficient (Wildman–Crippen LogP) is 1.84. The Balaban J connectivity index is 1.85. The lowest BCUT2D eigenvalue weighted by Gasteiger charge is -2.05. The molecule has 0 fully saturated rings. The Hall–Kier alpha value is -3.81. The van der Waals surface area contributed by atoms with E-state index in [0.717, 1.165) is 5.56 Å². The van der Waals surface area contributed by atoms with Crippen LogP contribution >= 0.6 is 0 Å². The number of carbonyl (C=O) groups is 2. The minimum atomic E-state index is -0.772. The van der Waals surface area contributed by atoms with Crippen molar-refractivity contribution in [1.82, 2.24) is 19.8 Å². The van der Waals surface area contributed by atoms with E-state index in [0.29, 0.717) is 22.4 Å². The lowest BCUT2D eigenvalue weighted by Crippen LogP contribution is -2.05. The van der Waals surface area contributed by atoms with Crippen LogP contribution in [0.5, 0.6) is 0 Å². The predicted molar refractivity (Wildman–Crippen MR) is 87.9 cm³/mol. The topological polar surface area (TPSA) is 112 Å². The van der Waals surface area contributed by atoms with Gasteiger partial charge in [-0.15, -0.1) is 10.2 Å². The third-order valence-corrected chi connectivity index (χ3v) is 4.17. The van der Waals surface area contributed by atoms with Gasteiger partial charge in [-0.2, -0.15) is 5.10 Å². The zero-order chi connectivity index (χ0) is 17.1. The maximum Gasteiger partial charge on any atom is 0.349 e. The lowest BCUT2D eigenvalue weighted by molar-refractivity contribution is 0.0444. The summed E-state index contributed by atoms with van der Waals surface area (Å²) in [5.74, 6) is -1.50. The van der Waals surface area contributed by atoms with E-state index in [1.807, 2.05) is 30.3 Å². The van der Waals surface area contributed by atoms with E-state index in [2.05, 4.69) is 20.0 Å². The number of carbonyl (C=O) groups excluding carboxylic acids is 2. The van der Waals surface area contributed by atoms with Gasteiger partial charge in [-0.1, -0.05) is 30.3 Å². The van der Waals surface area contributed by atoms with Crippen LogP contribution in [0.4, 0.5) is 5.69 Å². The number of fused-ring (bicyclic) bond motifs is 4. The molecule has 2 N–H and O–H groups in total. The minimum absolute atomic E-state index is 0.0292. The van der Waals surface area contributed by atoms with Gasteiger partial charge in [-0.05, 0) is 6.07 Å². The number of hydrogen-bond acceptors (Lipinski definition) is 7. The van der Waals surface area contributed by atoms with Crippen molar-refractivity contribution in [2.45, 2.75) is 0 Å². The third-order valence-electron chi connectivity index (χ3n) is 4.17. The van der Waals surface area contributed by atoms with Crippen LogP contribution in [0.25, 0.3) is 27.9 Å². The molecule has 0 aliphatic carbocycles. The van der Waals surface area contributed by atoms with Crippen molar-refractivity contribution in [3.8, 4) is 11.3 Å². The molecule has 4 aromatic rings. The Bertz CT molecular complexity index is 1210. The Morgan fingerprint density at radius 1 is 1.00 bits per heavy atom. The van der Waals surface area contributed by atoms with E-state index in [9.17, 15) is 9.59 Å². The number of benzene rings is 2. The monoisotopic (exact) mass is 331 g/mol. The van der Waals surface area contributed by atoms with E-state index in [1.165, 1.54) is 6.07 Å². The summed E-state index contributed by atoms with van der Waals surface area (Å²) in [6.45, 7) is 0. The third kappa shape index (κ3) is 1.78. The molecule has 0 spiro atoms. The molecule has 2 aromatic heterocycles. The van der Waals surface area contributed by atoms with Gasteiger partial charge >= 0.3 is 11.9 Å². The van der Waals surface area contributed by atoms with Gasteiger partial charge in [0.05, 0.1) is 22.5 Å². The first-order chi connectivity index (χ1) is 12.1. The van der Waals surface area contributed by atoms with Gasteiger partial charge in [0.2, 0.25) is 0 Å². The van der Waals surface area contributed by atoms with Crippen molar-refractivity contribution in [3.05, 3.63) is 53.6 Å². The molecule has 5 rings (SSSR count). The van der Waals surface area contributed by atoms with Crippen LogP contribution in [-0.4, -0.2) is 31.8 Å². The number of hydrogen-bond donors (Lipinski definition) is 1. The van der Waals surface area contributed by atoms with Gasteiger partial charge in [0.1, 0.15) is 11.1 Å². The molecular formula is C17H9N5O3. The fourth-order valence-corrected chi connectivity index (χ4v) is 2.99. The fraction of sp³-hybridized carbons (Fsp3) is 0. The Morgan fingerprint density at radius 3 is 2.60 bits per heavy atom. The molecule has 25 heavy (non-hydrogen) atoms. The number of nitrogens with zero attached hydrogens (tertiary/aromatic N) is 4. The number of cyclic esters (lactones) is 2. The molecule has 8 nitrogen and oxygen atoms in total. The van der Waals surface area contributed by atoms with Crippen LogP contribution in [0.15, 0.2) is 42.5 Å². The van der Waals surface area contributed by atoms with Crippen molar-refractivity contribution in [2.24, 2.45) is 0 Å². The van der Waals surface area contributed by atoms with E-state index >= 15 is 0 Å². The summed E-state index contributed by atoms with van der Waals surface area (Å²) in [5.41, 5.74) is 9.15. The smallest absolute Gasteiger partial charge is 0.349 e. The molecule has 0 atom stereocenters. The summed E-state index contributed by atoms with van der Waals surface area (Å²) in [5, 5.41) is 12.8. The number of nitrogens with two attached hydrogens (primary N) is 1. The molecule has 8 heteroatoms. The summed E-state index contributed by atoms with van der Waals surface area (Å²) < 4.78 is 6.19. The molecular weight excluding hydrogens is 322 g/mol. The second kappa shape index (κ2) is 4.60. The molecule has 0 bridgehead atoms. The second-order valence-electron chi connectivity index (χ2n) is 5.62. The van der Waals surface area contributed by atoms with Crippen LogP contribution in [-0.2, 0) is 4.74 Å². The van der Waals surface area contributed by atoms with Crippen LogP contribution in [0.3, 0.4) is 0 Å². The minimum Gasteiger partial charge on any atom is -0.396 e. The number of esters is 2. The molecule has 3 heterocycles.